The number of aromatic amines is 1. The molecular formula is C20H20N6O. The molecule has 0 bridgehead atoms. The van der Waals surface area contributed by atoms with Crippen molar-refractivity contribution in [3.05, 3.63) is 59.4 Å². The zero-order chi connectivity index (χ0) is 18.5. The summed E-state index contributed by atoms with van der Waals surface area (Å²) in [5.41, 5.74) is 4.41. The highest BCUT2D eigenvalue weighted by atomic mass is 16.2. The van der Waals surface area contributed by atoms with Crippen LogP contribution in [0, 0.1) is 13.8 Å². The molecule has 136 valence electrons. The number of nitrogens with zero attached hydrogens (tertiary/aromatic N) is 5. The molecule has 0 aliphatic carbocycles. The summed E-state index contributed by atoms with van der Waals surface area (Å²) < 4.78 is 1.77. The van der Waals surface area contributed by atoms with E-state index in [1.165, 1.54) is 5.56 Å². The fraction of sp³-hybridized carbons (Fsp3) is 0.300. The normalized spacial score (nSPS) is 17.3. The minimum Gasteiger partial charge on any atom is -0.340 e. The van der Waals surface area contributed by atoms with E-state index in [1.807, 2.05) is 30.2 Å². The molecule has 5 rings (SSSR count). The highest BCUT2D eigenvalue weighted by Gasteiger charge is 2.34. The molecule has 27 heavy (non-hydrogen) atoms. The highest BCUT2D eigenvalue weighted by Crippen LogP contribution is 2.33. The molecule has 7 heteroatoms. The third-order valence-electron chi connectivity index (χ3n) is 5.27. The second kappa shape index (κ2) is 5.90. The van der Waals surface area contributed by atoms with Crippen LogP contribution in [0.25, 0.3) is 16.8 Å². The maximum atomic E-state index is 13.4. The SMILES string of the molecule is Cc1ccc2nc([C@@H]3CCCN3C(=O)c3c(C)nc4ncccn34)[nH]c2c1. The van der Waals surface area contributed by atoms with Crippen LogP contribution in [0.3, 0.4) is 0 Å². The van der Waals surface area contributed by atoms with Crippen LogP contribution in [0.4, 0.5) is 0 Å². The average molecular weight is 360 g/mol. The van der Waals surface area contributed by atoms with Crippen LogP contribution in [0.5, 0.6) is 0 Å². The number of amides is 1. The summed E-state index contributed by atoms with van der Waals surface area (Å²) in [7, 11) is 0. The number of likely N-dealkylation sites (tertiary alicyclic amines) is 1. The minimum absolute atomic E-state index is 0.0212. The molecule has 1 saturated heterocycles. The van der Waals surface area contributed by atoms with Gasteiger partial charge in [-0.3, -0.25) is 9.20 Å². The fourth-order valence-electron chi connectivity index (χ4n) is 3.99. The Morgan fingerprint density at radius 1 is 1.26 bits per heavy atom. The monoisotopic (exact) mass is 360 g/mol. The molecule has 0 radical (unpaired) electrons. The van der Waals surface area contributed by atoms with E-state index in [-0.39, 0.29) is 11.9 Å². The van der Waals surface area contributed by atoms with Gasteiger partial charge in [0, 0.05) is 18.9 Å². The van der Waals surface area contributed by atoms with E-state index in [0.29, 0.717) is 23.7 Å². The van der Waals surface area contributed by atoms with Crippen molar-refractivity contribution < 1.29 is 4.79 Å². The number of aryl methyl sites for hydroxylation is 2. The van der Waals surface area contributed by atoms with Crippen molar-refractivity contribution in [1.82, 2.24) is 29.2 Å². The van der Waals surface area contributed by atoms with Gasteiger partial charge in [-0.1, -0.05) is 6.07 Å². The van der Waals surface area contributed by atoms with Gasteiger partial charge in [0.25, 0.3) is 5.91 Å². The van der Waals surface area contributed by atoms with Crippen LogP contribution in [-0.2, 0) is 0 Å². The van der Waals surface area contributed by atoms with Crippen LogP contribution >= 0.6 is 0 Å². The van der Waals surface area contributed by atoms with Crippen molar-refractivity contribution >= 4 is 22.7 Å². The Bertz CT molecular complexity index is 1170. The van der Waals surface area contributed by atoms with Crippen molar-refractivity contribution in [3.8, 4) is 0 Å². The smallest absolute Gasteiger partial charge is 0.273 e. The summed E-state index contributed by atoms with van der Waals surface area (Å²) in [6.07, 6.45) is 5.38. The second-order valence-electron chi connectivity index (χ2n) is 7.13. The van der Waals surface area contributed by atoms with E-state index in [0.717, 1.165) is 29.7 Å². The molecule has 0 spiro atoms. The largest absolute Gasteiger partial charge is 0.340 e. The summed E-state index contributed by atoms with van der Waals surface area (Å²) in [4.78, 5) is 32.2. The molecule has 1 fully saturated rings. The molecule has 1 N–H and O–H groups in total. The average Bonchev–Trinajstić information content (AvgIpc) is 3.36. The number of hydrogen-bond donors (Lipinski definition) is 1. The quantitative estimate of drug-likeness (QED) is 0.595. The van der Waals surface area contributed by atoms with Gasteiger partial charge in [-0.25, -0.2) is 15.0 Å². The van der Waals surface area contributed by atoms with Crippen molar-refractivity contribution in [3.63, 3.8) is 0 Å². The molecule has 1 aliphatic heterocycles. The number of carbonyl (C=O) groups is 1. The third kappa shape index (κ3) is 2.50. The molecule has 7 nitrogen and oxygen atoms in total. The fourth-order valence-corrected chi connectivity index (χ4v) is 3.99. The number of aromatic nitrogens is 5. The molecule has 1 atom stereocenters. The summed E-state index contributed by atoms with van der Waals surface area (Å²) in [6.45, 7) is 4.64. The lowest BCUT2D eigenvalue weighted by molar-refractivity contribution is 0.0722. The zero-order valence-corrected chi connectivity index (χ0v) is 15.3. The number of nitrogens with one attached hydrogen (secondary N) is 1. The van der Waals surface area contributed by atoms with Crippen molar-refractivity contribution in [1.29, 1.82) is 0 Å². The topological polar surface area (TPSA) is 79.2 Å². The maximum absolute atomic E-state index is 13.4. The number of imidazole rings is 2. The van der Waals surface area contributed by atoms with Crippen LogP contribution in [0.15, 0.2) is 36.7 Å². The van der Waals surface area contributed by atoms with Crippen molar-refractivity contribution in [2.24, 2.45) is 0 Å². The lowest BCUT2D eigenvalue weighted by atomic mass is 10.2. The Morgan fingerprint density at radius 3 is 3.04 bits per heavy atom. The van der Waals surface area contributed by atoms with E-state index in [2.05, 4.69) is 34.0 Å². The van der Waals surface area contributed by atoms with Crippen LogP contribution < -0.4 is 0 Å². The Hall–Kier alpha value is -3.22. The molecule has 4 aromatic rings. The van der Waals surface area contributed by atoms with Crippen molar-refractivity contribution in [2.45, 2.75) is 32.7 Å². The molecule has 1 aliphatic rings. The first kappa shape index (κ1) is 16.0. The van der Waals surface area contributed by atoms with E-state index in [9.17, 15) is 4.79 Å². The minimum atomic E-state index is -0.0492. The molecule has 1 aromatic carbocycles. The van der Waals surface area contributed by atoms with Gasteiger partial charge in [-0.2, -0.15) is 0 Å². The van der Waals surface area contributed by atoms with Crippen LogP contribution in [-0.4, -0.2) is 41.7 Å². The van der Waals surface area contributed by atoms with Gasteiger partial charge in [0.2, 0.25) is 5.78 Å². The molecule has 1 amide bonds. The molecule has 0 saturated carbocycles. The summed E-state index contributed by atoms with van der Waals surface area (Å²) in [6, 6.07) is 7.93. The molecule has 3 aromatic heterocycles. The Labute approximate surface area is 156 Å². The molecular weight excluding hydrogens is 340 g/mol. The van der Waals surface area contributed by atoms with E-state index < -0.39 is 0 Å². The number of carbonyl (C=O) groups excluding carboxylic acids is 1. The third-order valence-corrected chi connectivity index (χ3v) is 5.27. The number of H-pyrrole nitrogens is 1. The van der Waals surface area contributed by atoms with Gasteiger partial charge in [0.05, 0.1) is 22.8 Å². The predicted molar refractivity (Wildman–Crippen MR) is 102 cm³/mol. The van der Waals surface area contributed by atoms with Gasteiger partial charge < -0.3 is 9.88 Å². The Balaban J connectivity index is 1.55. The Kier molecular flexibility index (Phi) is 3.50. The lowest BCUT2D eigenvalue weighted by Crippen LogP contribution is -2.32. The summed E-state index contributed by atoms with van der Waals surface area (Å²) >= 11 is 0. The zero-order valence-electron chi connectivity index (χ0n) is 15.3. The Morgan fingerprint density at radius 2 is 2.15 bits per heavy atom. The van der Waals surface area contributed by atoms with Crippen LogP contribution in [0.2, 0.25) is 0 Å². The first-order valence-corrected chi connectivity index (χ1v) is 9.19. The molecule has 4 heterocycles. The van der Waals surface area contributed by atoms with E-state index >= 15 is 0 Å². The van der Waals surface area contributed by atoms with Gasteiger partial charge in [0.15, 0.2) is 0 Å². The first-order valence-electron chi connectivity index (χ1n) is 9.19. The van der Waals surface area contributed by atoms with E-state index in [4.69, 9.17) is 4.98 Å². The first-order chi connectivity index (χ1) is 13.1. The van der Waals surface area contributed by atoms with Crippen LogP contribution in [0.1, 0.15) is 46.5 Å². The highest BCUT2D eigenvalue weighted by molar-refractivity contribution is 5.95. The van der Waals surface area contributed by atoms with Gasteiger partial charge in [-0.05, 0) is 50.5 Å². The summed E-state index contributed by atoms with van der Waals surface area (Å²) in [5, 5.41) is 0. The van der Waals surface area contributed by atoms with Gasteiger partial charge >= 0.3 is 0 Å². The van der Waals surface area contributed by atoms with E-state index in [1.54, 1.807) is 10.6 Å². The second-order valence-corrected chi connectivity index (χ2v) is 7.13. The van der Waals surface area contributed by atoms with Gasteiger partial charge in [-0.15, -0.1) is 0 Å². The summed E-state index contributed by atoms with van der Waals surface area (Å²) in [5.74, 6) is 1.38. The standard InChI is InChI=1S/C20H20N6O/c1-12-6-7-14-15(11-12)24-18(23-14)16-5-3-9-25(16)19(27)17-13(2)22-20-21-8-4-10-26(17)20/h4,6-8,10-11,16H,3,5,9H2,1-2H3,(H,23,24)/t16-/m0/s1. The van der Waals surface area contributed by atoms with Crippen molar-refractivity contribution in [2.75, 3.05) is 6.54 Å². The number of benzene rings is 1. The lowest BCUT2D eigenvalue weighted by Gasteiger charge is -2.23. The number of rotatable bonds is 2. The number of fused-ring (bicyclic) bond motifs is 2. The maximum Gasteiger partial charge on any atom is 0.273 e. The van der Waals surface area contributed by atoms with Gasteiger partial charge in [0.1, 0.15) is 11.5 Å². The predicted octanol–water partition coefficient (Wildman–Crippen LogP) is 3.20. The number of hydrogen-bond acceptors (Lipinski definition) is 4. The molecule has 0 unspecified atom stereocenters.